The van der Waals surface area contributed by atoms with Gasteiger partial charge in [0.1, 0.15) is 11.2 Å². The number of furan rings is 1. The zero-order valence-corrected chi connectivity index (χ0v) is 30.0. The van der Waals surface area contributed by atoms with Crippen LogP contribution in [0.2, 0.25) is 0 Å². The topological polar surface area (TPSA) is 56.7 Å². The van der Waals surface area contributed by atoms with Gasteiger partial charge in [0, 0.05) is 43.9 Å². The highest BCUT2D eigenvalue weighted by Crippen LogP contribution is 2.41. The summed E-state index contributed by atoms with van der Waals surface area (Å²) >= 11 is 0. The summed E-state index contributed by atoms with van der Waals surface area (Å²) in [6.07, 6.45) is 0. The Morgan fingerprint density at radius 1 is 0.339 bits per heavy atom. The molecule has 12 rings (SSSR count). The first-order chi connectivity index (χ1) is 27.7. The Hall–Kier alpha value is -7.63. The molecule has 5 heteroatoms. The average Bonchev–Trinajstić information content (AvgIpc) is 3.79. The Labute approximate surface area is 320 Å². The summed E-state index contributed by atoms with van der Waals surface area (Å²) in [5.41, 5.74) is 7.88. The van der Waals surface area contributed by atoms with Gasteiger partial charge in [-0.15, -0.1) is 0 Å². The van der Waals surface area contributed by atoms with Gasteiger partial charge in [-0.2, -0.15) is 0 Å². The second-order valence-corrected chi connectivity index (χ2v) is 14.5. The molecule has 0 N–H and O–H groups in total. The predicted octanol–water partition coefficient (Wildman–Crippen LogP) is 13.3. The molecule has 0 aliphatic rings. The van der Waals surface area contributed by atoms with E-state index >= 15 is 0 Å². The molecule has 3 heterocycles. The Morgan fingerprint density at radius 3 is 1.43 bits per heavy atom. The minimum absolute atomic E-state index is 0.611. The Morgan fingerprint density at radius 2 is 0.839 bits per heavy atom. The molecule has 0 aliphatic carbocycles. The van der Waals surface area contributed by atoms with E-state index in [0.717, 1.165) is 55.1 Å². The quantitative estimate of drug-likeness (QED) is 0.182. The van der Waals surface area contributed by atoms with E-state index < -0.39 is 0 Å². The largest absolute Gasteiger partial charge is 0.456 e. The third kappa shape index (κ3) is 4.78. The van der Waals surface area contributed by atoms with Crippen LogP contribution in [0, 0.1) is 0 Å². The second-order valence-electron chi connectivity index (χ2n) is 14.5. The minimum Gasteiger partial charge on any atom is -0.456 e. The van der Waals surface area contributed by atoms with Crippen LogP contribution in [0.25, 0.3) is 116 Å². The molecule has 0 saturated heterocycles. The van der Waals surface area contributed by atoms with E-state index in [1.54, 1.807) is 0 Å². The van der Waals surface area contributed by atoms with Gasteiger partial charge in [-0.1, -0.05) is 121 Å². The maximum atomic E-state index is 6.54. The second kappa shape index (κ2) is 11.9. The van der Waals surface area contributed by atoms with Crippen LogP contribution in [0.5, 0.6) is 0 Å². The van der Waals surface area contributed by atoms with Crippen LogP contribution in [-0.2, 0) is 0 Å². The highest BCUT2D eigenvalue weighted by Gasteiger charge is 2.19. The van der Waals surface area contributed by atoms with Gasteiger partial charge < -0.3 is 8.98 Å². The summed E-state index contributed by atoms with van der Waals surface area (Å²) in [5, 5.41) is 11.7. The highest BCUT2D eigenvalue weighted by molar-refractivity contribution is 6.21. The van der Waals surface area contributed by atoms with Crippen LogP contribution in [0.4, 0.5) is 0 Å². The fourth-order valence-electron chi connectivity index (χ4n) is 8.47. The smallest absolute Gasteiger partial charge is 0.164 e. The Kier molecular flexibility index (Phi) is 6.56. The van der Waals surface area contributed by atoms with Crippen LogP contribution in [0.1, 0.15) is 0 Å². The van der Waals surface area contributed by atoms with Crippen LogP contribution in [0.15, 0.2) is 186 Å². The normalized spacial score (nSPS) is 11.9. The molecule has 56 heavy (non-hydrogen) atoms. The van der Waals surface area contributed by atoms with Crippen LogP contribution in [0.3, 0.4) is 0 Å². The standard InChI is InChI=1S/C51H30N4O/c1-3-11-32(12-4-1)49-52-50(33-13-5-2-6-14-33)54-51(53-49)38-21-23-46-43(27-38)48-40-30-39(22-19-31(40)20-24-47(48)56-46)55-44-28-36-17-9-7-15-34(36)25-41(44)42-26-35-16-8-10-18-37(35)29-45(42)55/h1-30H. The molecule has 0 unspecified atom stereocenters. The lowest BCUT2D eigenvalue weighted by atomic mass is 10.0. The van der Waals surface area contributed by atoms with Gasteiger partial charge in [-0.25, -0.2) is 15.0 Å². The summed E-state index contributed by atoms with van der Waals surface area (Å²) in [6, 6.07) is 64.1. The fourth-order valence-corrected chi connectivity index (χ4v) is 8.47. The number of benzene rings is 9. The average molecular weight is 715 g/mol. The van der Waals surface area contributed by atoms with Crippen molar-refractivity contribution < 1.29 is 4.42 Å². The maximum absolute atomic E-state index is 6.54. The predicted molar refractivity (Wildman–Crippen MR) is 230 cm³/mol. The van der Waals surface area contributed by atoms with E-state index in [0.29, 0.717) is 17.5 Å². The SMILES string of the molecule is c1ccc(-c2nc(-c3ccccc3)nc(-c3ccc4oc5ccc6ccc(-n7c8cc9ccccc9cc8c8cc9ccccc9cc87)cc6c5c4c3)n2)cc1. The lowest BCUT2D eigenvalue weighted by Crippen LogP contribution is -2.00. The van der Waals surface area contributed by atoms with Crippen molar-refractivity contribution in [1.82, 2.24) is 19.5 Å². The van der Waals surface area contributed by atoms with E-state index in [2.05, 4.69) is 114 Å². The van der Waals surface area contributed by atoms with Crippen molar-refractivity contribution in [3.8, 4) is 39.9 Å². The Balaban J connectivity index is 1.10. The molecule has 0 saturated carbocycles. The molecule has 12 aromatic rings. The van der Waals surface area contributed by atoms with Crippen molar-refractivity contribution in [1.29, 1.82) is 0 Å². The zero-order valence-electron chi connectivity index (χ0n) is 30.0. The van der Waals surface area contributed by atoms with E-state index in [4.69, 9.17) is 19.4 Å². The van der Waals surface area contributed by atoms with Gasteiger partial charge in [0.2, 0.25) is 0 Å². The molecule has 5 nitrogen and oxygen atoms in total. The van der Waals surface area contributed by atoms with Gasteiger partial charge in [0.05, 0.1) is 11.0 Å². The zero-order chi connectivity index (χ0) is 36.7. The van der Waals surface area contributed by atoms with E-state index in [9.17, 15) is 0 Å². The molecule has 0 radical (unpaired) electrons. The number of fused-ring (bicyclic) bond motifs is 10. The molecule has 0 bridgehead atoms. The molecule has 0 aliphatic heterocycles. The lowest BCUT2D eigenvalue weighted by Gasteiger charge is -2.11. The van der Waals surface area contributed by atoms with Crippen molar-refractivity contribution in [3.63, 3.8) is 0 Å². The summed E-state index contributed by atoms with van der Waals surface area (Å²) in [6.45, 7) is 0. The van der Waals surface area contributed by atoms with E-state index in [1.807, 2.05) is 72.8 Å². The fraction of sp³-hybridized carbons (Fsp3) is 0. The Bertz CT molecular complexity index is 3380. The molecule has 9 aromatic carbocycles. The number of hydrogen-bond acceptors (Lipinski definition) is 4. The van der Waals surface area contributed by atoms with Gasteiger partial charge in [0.25, 0.3) is 0 Å². The summed E-state index contributed by atoms with van der Waals surface area (Å²) in [4.78, 5) is 15.0. The first kappa shape index (κ1) is 30.8. The van der Waals surface area contributed by atoms with Crippen LogP contribution in [-0.4, -0.2) is 19.5 Å². The monoisotopic (exact) mass is 714 g/mol. The highest BCUT2D eigenvalue weighted by atomic mass is 16.3. The number of hydrogen-bond donors (Lipinski definition) is 0. The van der Waals surface area contributed by atoms with Crippen molar-refractivity contribution in [3.05, 3.63) is 182 Å². The molecule has 0 amide bonds. The number of nitrogens with zero attached hydrogens (tertiary/aromatic N) is 4. The first-order valence-corrected chi connectivity index (χ1v) is 18.8. The van der Waals surface area contributed by atoms with E-state index in [1.165, 1.54) is 43.4 Å². The van der Waals surface area contributed by atoms with Crippen molar-refractivity contribution in [2.75, 3.05) is 0 Å². The van der Waals surface area contributed by atoms with Gasteiger partial charge >= 0.3 is 0 Å². The third-order valence-corrected chi connectivity index (χ3v) is 11.2. The molecule has 260 valence electrons. The molecule has 3 aromatic heterocycles. The van der Waals surface area contributed by atoms with Crippen molar-refractivity contribution >= 4 is 76.1 Å². The summed E-state index contributed by atoms with van der Waals surface area (Å²) in [7, 11) is 0. The van der Waals surface area contributed by atoms with Crippen molar-refractivity contribution in [2.24, 2.45) is 0 Å². The maximum Gasteiger partial charge on any atom is 0.164 e. The summed E-state index contributed by atoms with van der Waals surface area (Å²) in [5.74, 6) is 1.88. The number of aromatic nitrogens is 4. The molecule has 0 spiro atoms. The summed E-state index contributed by atoms with van der Waals surface area (Å²) < 4.78 is 8.97. The van der Waals surface area contributed by atoms with Gasteiger partial charge in [0.15, 0.2) is 17.5 Å². The van der Waals surface area contributed by atoms with Crippen molar-refractivity contribution in [2.45, 2.75) is 0 Å². The molecule has 0 atom stereocenters. The molecular formula is C51H30N4O. The van der Waals surface area contributed by atoms with Crippen LogP contribution < -0.4 is 0 Å². The van der Waals surface area contributed by atoms with Gasteiger partial charge in [-0.3, -0.25) is 0 Å². The third-order valence-electron chi connectivity index (χ3n) is 11.2. The van der Waals surface area contributed by atoms with Gasteiger partial charge in [-0.05, 0) is 93.0 Å². The minimum atomic E-state index is 0.611. The lowest BCUT2D eigenvalue weighted by molar-refractivity contribution is 0.669. The molecular weight excluding hydrogens is 685 g/mol. The van der Waals surface area contributed by atoms with Crippen LogP contribution >= 0.6 is 0 Å². The van der Waals surface area contributed by atoms with E-state index in [-0.39, 0.29) is 0 Å². The number of rotatable bonds is 4. The molecule has 0 fully saturated rings. The first-order valence-electron chi connectivity index (χ1n) is 18.8.